The Morgan fingerprint density at radius 2 is 2.19 bits per heavy atom. The van der Waals surface area contributed by atoms with E-state index in [0.29, 0.717) is 17.1 Å². The van der Waals surface area contributed by atoms with Crippen molar-refractivity contribution in [3.8, 4) is 11.5 Å². The Labute approximate surface area is 121 Å². The third-order valence-electron chi connectivity index (χ3n) is 3.41. The van der Waals surface area contributed by atoms with Crippen molar-refractivity contribution in [3.05, 3.63) is 23.3 Å². The summed E-state index contributed by atoms with van der Waals surface area (Å²) in [5, 5.41) is 2.42. The van der Waals surface area contributed by atoms with E-state index >= 15 is 0 Å². The van der Waals surface area contributed by atoms with E-state index in [1.54, 1.807) is 6.07 Å². The third kappa shape index (κ3) is 3.79. The molecule has 0 aromatic heterocycles. The number of nitrogens with one attached hydrogen (secondary N) is 1. The number of hydrogen-bond donors (Lipinski definition) is 2. The van der Waals surface area contributed by atoms with Gasteiger partial charge in [-0.25, -0.2) is 0 Å². The van der Waals surface area contributed by atoms with Gasteiger partial charge in [0.25, 0.3) is 0 Å². The number of nitrogens with two attached hydrogens (primary N) is 1. The predicted molar refractivity (Wildman–Crippen MR) is 72.6 cm³/mol. The van der Waals surface area contributed by atoms with Crippen LogP contribution in [0.15, 0.2) is 12.1 Å². The SMILES string of the molecule is COc1cc2c(cc1C(CN)NCC(F)(F)F)OC(C)C2. The highest BCUT2D eigenvalue weighted by molar-refractivity contribution is 5.50. The average Bonchev–Trinajstić information content (AvgIpc) is 2.76. The fraction of sp³-hybridized carbons (Fsp3) is 0.571. The van der Waals surface area contributed by atoms with E-state index in [2.05, 4.69) is 5.32 Å². The molecule has 21 heavy (non-hydrogen) atoms. The van der Waals surface area contributed by atoms with E-state index in [9.17, 15) is 13.2 Å². The molecule has 0 saturated carbocycles. The van der Waals surface area contributed by atoms with Crippen LogP contribution in [0.4, 0.5) is 13.2 Å². The first-order valence-electron chi connectivity index (χ1n) is 6.71. The van der Waals surface area contributed by atoms with Crippen LogP contribution in [-0.4, -0.2) is 32.5 Å². The summed E-state index contributed by atoms with van der Waals surface area (Å²) in [6, 6.07) is 2.89. The highest BCUT2D eigenvalue weighted by Crippen LogP contribution is 2.37. The minimum atomic E-state index is -4.29. The highest BCUT2D eigenvalue weighted by atomic mass is 19.4. The Morgan fingerprint density at radius 1 is 1.48 bits per heavy atom. The largest absolute Gasteiger partial charge is 0.496 e. The lowest BCUT2D eigenvalue weighted by molar-refractivity contribution is -0.126. The van der Waals surface area contributed by atoms with Crippen molar-refractivity contribution in [2.45, 2.75) is 31.7 Å². The number of methoxy groups -OCH3 is 1. The van der Waals surface area contributed by atoms with E-state index in [-0.39, 0.29) is 12.6 Å². The van der Waals surface area contributed by atoms with Crippen LogP contribution in [0.3, 0.4) is 0 Å². The van der Waals surface area contributed by atoms with Crippen molar-refractivity contribution in [3.63, 3.8) is 0 Å². The molecule has 3 N–H and O–H groups in total. The molecule has 4 nitrogen and oxygen atoms in total. The number of rotatable bonds is 5. The molecule has 2 unspecified atom stereocenters. The first kappa shape index (κ1) is 15.9. The zero-order valence-corrected chi connectivity index (χ0v) is 12.0. The predicted octanol–water partition coefficient (Wildman–Crippen LogP) is 2.17. The van der Waals surface area contributed by atoms with Gasteiger partial charge in [0.05, 0.1) is 13.7 Å². The lowest BCUT2D eigenvalue weighted by Crippen LogP contribution is -2.35. The molecule has 1 aliphatic heterocycles. The van der Waals surface area contributed by atoms with Crippen LogP contribution in [0.25, 0.3) is 0 Å². The number of ether oxygens (including phenoxy) is 2. The normalized spacial score (nSPS) is 19.0. The van der Waals surface area contributed by atoms with Gasteiger partial charge in [-0.3, -0.25) is 0 Å². The van der Waals surface area contributed by atoms with Crippen molar-refractivity contribution in [2.75, 3.05) is 20.2 Å². The van der Waals surface area contributed by atoms with Gasteiger partial charge in [-0.1, -0.05) is 0 Å². The van der Waals surface area contributed by atoms with Crippen molar-refractivity contribution in [1.82, 2.24) is 5.32 Å². The Kier molecular flexibility index (Phi) is 4.63. The van der Waals surface area contributed by atoms with Crippen LogP contribution in [0.5, 0.6) is 11.5 Å². The maximum atomic E-state index is 12.4. The molecule has 0 bridgehead atoms. The smallest absolute Gasteiger partial charge is 0.401 e. The van der Waals surface area contributed by atoms with Gasteiger partial charge < -0.3 is 20.5 Å². The summed E-state index contributed by atoms with van der Waals surface area (Å²) < 4.78 is 48.0. The average molecular weight is 304 g/mol. The zero-order valence-electron chi connectivity index (χ0n) is 12.0. The molecular weight excluding hydrogens is 285 g/mol. The lowest BCUT2D eigenvalue weighted by atomic mass is 10.0. The first-order chi connectivity index (χ1) is 9.84. The quantitative estimate of drug-likeness (QED) is 0.875. The van der Waals surface area contributed by atoms with Crippen LogP contribution >= 0.6 is 0 Å². The summed E-state index contributed by atoms with van der Waals surface area (Å²) >= 11 is 0. The summed E-state index contributed by atoms with van der Waals surface area (Å²) in [7, 11) is 1.49. The van der Waals surface area contributed by atoms with Gasteiger partial charge in [0.2, 0.25) is 0 Å². The van der Waals surface area contributed by atoms with Crippen molar-refractivity contribution in [2.24, 2.45) is 5.73 Å². The van der Waals surface area contributed by atoms with Gasteiger partial charge in [0, 0.05) is 30.1 Å². The number of fused-ring (bicyclic) bond motifs is 1. The van der Waals surface area contributed by atoms with Crippen LogP contribution < -0.4 is 20.5 Å². The molecule has 0 fully saturated rings. The number of alkyl halides is 3. The molecule has 1 heterocycles. The molecule has 1 aromatic rings. The number of halogens is 3. The van der Waals surface area contributed by atoms with E-state index in [1.165, 1.54) is 7.11 Å². The second-order valence-electron chi connectivity index (χ2n) is 5.12. The van der Waals surface area contributed by atoms with Gasteiger partial charge in [0.15, 0.2) is 0 Å². The maximum Gasteiger partial charge on any atom is 0.401 e. The molecule has 0 aliphatic carbocycles. The van der Waals surface area contributed by atoms with Crippen molar-refractivity contribution < 1.29 is 22.6 Å². The standard InChI is InChI=1S/C14H19F3N2O2/c1-8-3-9-4-13(20-2)10(5-12(9)21-8)11(6-18)19-7-14(15,16)17/h4-5,8,11,19H,3,6-7,18H2,1-2H3. The number of hydrogen-bond acceptors (Lipinski definition) is 4. The maximum absolute atomic E-state index is 12.4. The number of benzene rings is 1. The van der Waals surface area contributed by atoms with Crippen LogP contribution in [0.2, 0.25) is 0 Å². The van der Waals surface area contributed by atoms with E-state index in [1.807, 2.05) is 13.0 Å². The van der Waals surface area contributed by atoms with Crippen molar-refractivity contribution in [1.29, 1.82) is 0 Å². The molecule has 1 aliphatic rings. The van der Waals surface area contributed by atoms with Gasteiger partial charge >= 0.3 is 6.18 Å². The molecule has 118 valence electrons. The van der Waals surface area contributed by atoms with Crippen molar-refractivity contribution >= 4 is 0 Å². The minimum absolute atomic E-state index is 0.0286. The molecule has 0 amide bonds. The van der Waals surface area contributed by atoms with Crippen LogP contribution in [0.1, 0.15) is 24.1 Å². The summed E-state index contributed by atoms with van der Waals surface area (Å²) in [6.45, 7) is 0.863. The molecular formula is C14H19F3N2O2. The van der Waals surface area contributed by atoms with Gasteiger partial charge in [-0.15, -0.1) is 0 Å². The molecule has 1 aromatic carbocycles. The van der Waals surface area contributed by atoms with Crippen LogP contribution in [0, 0.1) is 0 Å². The summed E-state index contributed by atoms with van der Waals surface area (Å²) in [5.74, 6) is 1.21. The third-order valence-corrected chi connectivity index (χ3v) is 3.41. The van der Waals surface area contributed by atoms with Crippen LogP contribution in [-0.2, 0) is 6.42 Å². The molecule has 2 atom stereocenters. The molecule has 0 saturated heterocycles. The first-order valence-corrected chi connectivity index (χ1v) is 6.71. The second kappa shape index (κ2) is 6.11. The van der Waals surface area contributed by atoms with Gasteiger partial charge in [0.1, 0.15) is 17.6 Å². The van der Waals surface area contributed by atoms with E-state index in [0.717, 1.165) is 12.0 Å². The Balaban J connectivity index is 2.26. The Hall–Kier alpha value is -1.47. The zero-order chi connectivity index (χ0) is 15.6. The fourth-order valence-corrected chi connectivity index (χ4v) is 2.46. The Morgan fingerprint density at radius 3 is 2.76 bits per heavy atom. The summed E-state index contributed by atoms with van der Waals surface area (Å²) in [6.07, 6.45) is -3.48. The fourth-order valence-electron chi connectivity index (χ4n) is 2.46. The van der Waals surface area contributed by atoms with E-state index in [4.69, 9.17) is 15.2 Å². The van der Waals surface area contributed by atoms with E-state index < -0.39 is 18.8 Å². The van der Waals surface area contributed by atoms with Gasteiger partial charge in [-0.05, 0) is 19.1 Å². The molecule has 0 radical (unpaired) electrons. The summed E-state index contributed by atoms with van der Waals surface area (Å²) in [4.78, 5) is 0. The van der Waals surface area contributed by atoms with Gasteiger partial charge in [-0.2, -0.15) is 13.2 Å². The molecule has 0 spiro atoms. The second-order valence-corrected chi connectivity index (χ2v) is 5.12. The topological polar surface area (TPSA) is 56.5 Å². The highest BCUT2D eigenvalue weighted by Gasteiger charge is 2.30. The molecule has 2 rings (SSSR count). The Bertz CT molecular complexity index is 506. The monoisotopic (exact) mass is 304 g/mol. The summed E-state index contributed by atoms with van der Waals surface area (Å²) in [5.41, 5.74) is 7.18. The lowest BCUT2D eigenvalue weighted by Gasteiger charge is -2.21. The molecule has 7 heteroatoms. The minimum Gasteiger partial charge on any atom is -0.496 e.